The minimum absolute atomic E-state index is 0.0521. The van der Waals surface area contributed by atoms with Gasteiger partial charge in [0.1, 0.15) is 6.10 Å². The maximum absolute atomic E-state index is 14.1. The van der Waals surface area contributed by atoms with E-state index in [2.05, 4.69) is 0 Å². The highest BCUT2D eigenvalue weighted by Gasteiger charge is 2.35. The SMILES string of the molecule is CC(=O)N1CCc2cc(S(=O)(=O)N3CC(C)Oc4c(F)cccc43)ccc21. The second-order valence-corrected chi connectivity index (χ2v) is 8.63. The standard InChI is InChI=1S/C19H19FN2O4S/c1-12-11-22(18-5-3-4-16(20)19(18)26-12)27(24,25)15-6-7-17-14(10-15)8-9-21(17)13(2)23/h3-7,10,12H,8-9,11H2,1-2H3. The van der Waals surface area contributed by atoms with Crippen LogP contribution in [0.2, 0.25) is 0 Å². The average Bonchev–Trinajstić information content (AvgIpc) is 3.05. The van der Waals surface area contributed by atoms with Crippen LogP contribution in [0.5, 0.6) is 5.75 Å². The number of halogens is 1. The summed E-state index contributed by atoms with van der Waals surface area (Å²) in [4.78, 5) is 13.4. The summed E-state index contributed by atoms with van der Waals surface area (Å²) in [7, 11) is -3.90. The van der Waals surface area contributed by atoms with Gasteiger partial charge in [0.05, 0.1) is 17.1 Å². The van der Waals surface area contributed by atoms with Gasteiger partial charge in [0.2, 0.25) is 5.91 Å². The number of carbonyl (C=O) groups is 1. The minimum atomic E-state index is -3.90. The molecule has 0 saturated carbocycles. The molecular weight excluding hydrogens is 371 g/mol. The molecule has 2 heterocycles. The Hall–Kier alpha value is -2.61. The van der Waals surface area contributed by atoms with Crippen LogP contribution >= 0.6 is 0 Å². The molecule has 0 aromatic heterocycles. The van der Waals surface area contributed by atoms with Crippen molar-refractivity contribution in [1.29, 1.82) is 0 Å². The van der Waals surface area contributed by atoms with Crippen LogP contribution in [0.15, 0.2) is 41.3 Å². The molecule has 27 heavy (non-hydrogen) atoms. The first kappa shape index (κ1) is 17.8. The first-order chi connectivity index (χ1) is 12.8. The molecule has 4 rings (SSSR count). The van der Waals surface area contributed by atoms with E-state index in [-0.39, 0.29) is 28.8 Å². The number of rotatable bonds is 2. The number of para-hydroxylation sites is 1. The Kier molecular flexibility index (Phi) is 4.10. The van der Waals surface area contributed by atoms with Crippen LogP contribution in [-0.4, -0.2) is 33.5 Å². The second kappa shape index (κ2) is 6.23. The summed E-state index contributed by atoms with van der Waals surface area (Å²) in [6.07, 6.45) is 0.120. The molecule has 0 bridgehead atoms. The van der Waals surface area contributed by atoms with Gasteiger partial charge in [0, 0.05) is 19.2 Å². The molecule has 1 amide bonds. The predicted octanol–water partition coefficient (Wildman–Crippen LogP) is 2.71. The van der Waals surface area contributed by atoms with Gasteiger partial charge in [-0.1, -0.05) is 6.07 Å². The van der Waals surface area contributed by atoms with Crippen LogP contribution in [-0.2, 0) is 21.2 Å². The molecule has 0 saturated heterocycles. The summed E-state index contributed by atoms with van der Waals surface area (Å²) < 4.78 is 47.4. The number of hydrogen-bond donors (Lipinski definition) is 0. The Morgan fingerprint density at radius 3 is 2.74 bits per heavy atom. The summed E-state index contributed by atoms with van der Waals surface area (Å²) in [6.45, 7) is 3.82. The van der Waals surface area contributed by atoms with Crippen molar-refractivity contribution in [3.63, 3.8) is 0 Å². The van der Waals surface area contributed by atoms with E-state index in [1.165, 1.54) is 35.5 Å². The van der Waals surface area contributed by atoms with Gasteiger partial charge in [-0.3, -0.25) is 9.10 Å². The molecule has 2 aliphatic rings. The van der Waals surface area contributed by atoms with E-state index in [1.54, 1.807) is 24.0 Å². The van der Waals surface area contributed by atoms with Crippen LogP contribution in [0.4, 0.5) is 15.8 Å². The van der Waals surface area contributed by atoms with Gasteiger partial charge in [-0.2, -0.15) is 0 Å². The third-order valence-corrected chi connectivity index (χ3v) is 6.65. The summed E-state index contributed by atoms with van der Waals surface area (Å²) in [5.41, 5.74) is 1.74. The Morgan fingerprint density at radius 2 is 2.00 bits per heavy atom. The van der Waals surface area contributed by atoms with Gasteiger partial charge in [-0.15, -0.1) is 0 Å². The quantitative estimate of drug-likeness (QED) is 0.791. The van der Waals surface area contributed by atoms with Gasteiger partial charge in [-0.05, 0) is 49.2 Å². The molecule has 8 heteroatoms. The number of hydrogen-bond acceptors (Lipinski definition) is 4. The van der Waals surface area contributed by atoms with E-state index in [9.17, 15) is 17.6 Å². The topological polar surface area (TPSA) is 66.9 Å². The highest BCUT2D eigenvalue weighted by molar-refractivity contribution is 7.92. The predicted molar refractivity (Wildman–Crippen MR) is 99.2 cm³/mol. The number of anilines is 2. The molecule has 142 valence electrons. The first-order valence-electron chi connectivity index (χ1n) is 8.68. The van der Waals surface area contributed by atoms with Gasteiger partial charge >= 0.3 is 0 Å². The van der Waals surface area contributed by atoms with Gasteiger partial charge < -0.3 is 9.64 Å². The molecule has 0 N–H and O–H groups in total. The van der Waals surface area contributed by atoms with Gasteiger partial charge in [0.25, 0.3) is 10.0 Å². The lowest BCUT2D eigenvalue weighted by Gasteiger charge is -2.34. The maximum Gasteiger partial charge on any atom is 0.264 e. The van der Waals surface area contributed by atoms with Crippen LogP contribution in [0.25, 0.3) is 0 Å². The van der Waals surface area contributed by atoms with Crippen LogP contribution < -0.4 is 13.9 Å². The fourth-order valence-corrected chi connectivity index (χ4v) is 5.20. The zero-order valence-corrected chi connectivity index (χ0v) is 15.8. The van der Waals surface area contributed by atoms with Crippen LogP contribution in [0.3, 0.4) is 0 Å². The monoisotopic (exact) mass is 390 g/mol. The molecule has 0 fully saturated rings. The van der Waals surface area contributed by atoms with E-state index in [4.69, 9.17) is 4.74 Å². The summed E-state index contributed by atoms with van der Waals surface area (Å²) in [5, 5.41) is 0. The van der Waals surface area contributed by atoms with E-state index in [0.29, 0.717) is 13.0 Å². The van der Waals surface area contributed by atoms with Gasteiger partial charge in [-0.25, -0.2) is 12.8 Å². The molecule has 0 aliphatic carbocycles. The van der Waals surface area contributed by atoms with Crippen molar-refractivity contribution >= 4 is 27.3 Å². The van der Waals surface area contributed by atoms with Crippen molar-refractivity contribution in [1.82, 2.24) is 0 Å². The molecule has 1 atom stereocenters. The lowest BCUT2D eigenvalue weighted by molar-refractivity contribution is -0.116. The van der Waals surface area contributed by atoms with Crippen LogP contribution in [0, 0.1) is 5.82 Å². The fraction of sp³-hybridized carbons (Fsp3) is 0.316. The Labute approximate surface area is 157 Å². The lowest BCUT2D eigenvalue weighted by Crippen LogP contribution is -2.42. The normalized spacial score (nSPS) is 18.7. The highest BCUT2D eigenvalue weighted by atomic mass is 32.2. The van der Waals surface area contributed by atoms with E-state index in [0.717, 1.165) is 11.3 Å². The van der Waals surface area contributed by atoms with Crippen molar-refractivity contribution in [3.8, 4) is 5.75 Å². The first-order valence-corrected chi connectivity index (χ1v) is 10.1. The molecule has 2 aromatic carbocycles. The molecule has 0 spiro atoms. The van der Waals surface area contributed by atoms with Crippen LogP contribution in [0.1, 0.15) is 19.4 Å². The number of fused-ring (bicyclic) bond motifs is 2. The number of nitrogens with zero attached hydrogens (tertiary/aromatic N) is 2. The summed E-state index contributed by atoms with van der Waals surface area (Å²) in [6, 6.07) is 9.00. The van der Waals surface area contributed by atoms with Crippen molar-refractivity contribution in [3.05, 3.63) is 47.8 Å². The Balaban J connectivity index is 1.78. The van der Waals surface area contributed by atoms with E-state index in [1.807, 2.05) is 0 Å². The molecule has 0 radical (unpaired) electrons. The van der Waals surface area contributed by atoms with E-state index >= 15 is 0 Å². The second-order valence-electron chi connectivity index (χ2n) is 6.76. The largest absolute Gasteiger partial charge is 0.484 e. The zero-order chi connectivity index (χ0) is 19.3. The Bertz CT molecular complexity index is 1040. The number of carbonyl (C=O) groups excluding carboxylic acids is 1. The summed E-state index contributed by atoms with van der Waals surface area (Å²) >= 11 is 0. The third-order valence-electron chi connectivity index (χ3n) is 4.87. The minimum Gasteiger partial charge on any atom is -0.484 e. The van der Waals surface area contributed by atoms with E-state index < -0.39 is 21.9 Å². The molecule has 2 aliphatic heterocycles. The highest BCUT2D eigenvalue weighted by Crippen LogP contribution is 2.39. The summed E-state index contributed by atoms with van der Waals surface area (Å²) in [5.74, 6) is -0.718. The zero-order valence-electron chi connectivity index (χ0n) is 15.0. The van der Waals surface area contributed by atoms with Crippen molar-refractivity contribution in [2.24, 2.45) is 0 Å². The fourth-order valence-electron chi connectivity index (χ4n) is 3.60. The number of ether oxygens (including phenoxy) is 1. The van der Waals surface area contributed by atoms with Crippen molar-refractivity contribution < 1.29 is 22.3 Å². The number of sulfonamides is 1. The van der Waals surface area contributed by atoms with Crippen molar-refractivity contribution in [2.75, 3.05) is 22.3 Å². The Morgan fingerprint density at radius 1 is 1.22 bits per heavy atom. The number of amides is 1. The van der Waals surface area contributed by atoms with Crippen molar-refractivity contribution in [2.45, 2.75) is 31.3 Å². The molecular formula is C19H19FN2O4S. The molecule has 6 nitrogen and oxygen atoms in total. The molecule has 1 unspecified atom stereocenters. The molecule has 2 aromatic rings. The maximum atomic E-state index is 14.1. The van der Waals surface area contributed by atoms with Gasteiger partial charge in [0.15, 0.2) is 11.6 Å². The lowest BCUT2D eigenvalue weighted by atomic mass is 10.2. The number of benzene rings is 2. The average molecular weight is 390 g/mol. The smallest absolute Gasteiger partial charge is 0.264 e. The third kappa shape index (κ3) is 2.84.